The minimum absolute atomic E-state index is 0.251. The van der Waals surface area contributed by atoms with Crippen LogP contribution in [-0.4, -0.2) is 16.5 Å². The molecule has 6 heteroatoms. The lowest BCUT2D eigenvalue weighted by molar-refractivity contribution is -0.128. The number of ether oxygens (including phenoxy) is 1. The molecule has 0 saturated heterocycles. The van der Waals surface area contributed by atoms with Gasteiger partial charge in [0, 0.05) is 0 Å². The van der Waals surface area contributed by atoms with Crippen molar-refractivity contribution in [2.24, 2.45) is 0 Å². The number of anilines is 1. The summed E-state index contributed by atoms with van der Waals surface area (Å²) in [4.78, 5) is 16.4. The number of aromatic nitrogens is 1. The number of thiazole rings is 1. The van der Waals surface area contributed by atoms with E-state index in [2.05, 4.69) is 16.4 Å². The molecule has 1 heterocycles. The molecule has 1 amide bonds. The predicted octanol–water partition coefficient (Wildman–Crippen LogP) is 4.08. The molecule has 1 aromatic heterocycles. The fourth-order valence-electron chi connectivity index (χ4n) is 2.51. The van der Waals surface area contributed by atoms with Gasteiger partial charge in [0.15, 0.2) is 10.7 Å². The maximum atomic E-state index is 12.4. The number of hydrogen-bond donors (Lipinski definition) is 1. The average Bonchev–Trinajstić information content (AvgIpc) is 3.06. The average molecular weight is 337 g/mol. The van der Waals surface area contributed by atoms with Gasteiger partial charge in [0.05, 0.1) is 6.20 Å². The zero-order chi connectivity index (χ0) is 15.7. The Bertz CT molecular complexity index is 712. The number of aryl methyl sites for hydroxylation is 2. The van der Waals surface area contributed by atoms with E-state index in [1.165, 1.54) is 35.1 Å². The van der Waals surface area contributed by atoms with E-state index in [0.29, 0.717) is 9.47 Å². The first-order valence-electron chi connectivity index (χ1n) is 7.18. The van der Waals surface area contributed by atoms with Crippen molar-refractivity contribution in [1.29, 1.82) is 0 Å². The Kier molecular flexibility index (Phi) is 4.10. The lowest BCUT2D eigenvalue weighted by atomic mass is 10.1. The topological polar surface area (TPSA) is 51.2 Å². The largest absolute Gasteiger partial charge is 0.478 e. The molecule has 0 spiro atoms. The summed E-state index contributed by atoms with van der Waals surface area (Å²) in [7, 11) is 0. The van der Waals surface area contributed by atoms with Crippen LogP contribution in [0.4, 0.5) is 5.13 Å². The van der Waals surface area contributed by atoms with Gasteiger partial charge in [-0.05, 0) is 56.4 Å². The Labute approximate surface area is 138 Å². The van der Waals surface area contributed by atoms with Crippen LogP contribution in [0.3, 0.4) is 0 Å². The molecule has 2 aromatic rings. The molecule has 3 rings (SSSR count). The van der Waals surface area contributed by atoms with Crippen LogP contribution in [0.5, 0.6) is 5.75 Å². The summed E-state index contributed by atoms with van der Waals surface area (Å²) in [6, 6.07) is 6.06. The quantitative estimate of drug-likeness (QED) is 0.915. The Morgan fingerprint density at radius 2 is 2.14 bits per heavy atom. The lowest BCUT2D eigenvalue weighted by Gasteiger charge is -2.25. The molecule has 0 radical (unpaired) electrons. The number of halogens is 1. The first-order chi connectivity index (χ1) is 10.4. The second kappa shape index (κ2) is 5.89. The van der Waals surface area contributed by atoms with Crippen LogP contribution >= 0.6 is 22.9 Å². The molecule has 22 heavy (non-hydrogen) atoms. The zero-order valence-corrected chi connectivity index (χ0v) is 14.1. The molecule has 1 N–H and O–H groups in total. The van der Waals surface area contributed by atoms with Crippen LogP contribution in [0.2, 0.25) is 4.34 Å². The van der Waals surface area contributed by atoms with Gasteiger partial charge in [-0.25, -0.2) is 4.98 Å². The summed E-state index contributed by atoms with van der Waals surface area (Å²) < 4.78 is 6.43. The maximum absolute atomic E-state index is 12.4. The Morgan fingerprint density at radius 1 is 1.36 bits per heavy atom. The maximum Gasteiger partial charge on any atom is 0.269 e. The summed E-state index contributed by atoms with van der Waals surface area (Å²) in [6.07, 6.45) is 4.91. The second-order valence-electron chi connectivity index (χ2n) is 5.82. The molecule has 0 unspecified atom stereocenters. The third-order valence-corrected chi connectivity index (χ3v) is 4.72. The molecule has 116 valence electrons. The highest BCUT2D eigenvalue weighted by Gasteiger charge is 2.31. The molecule has 1 aliphatic rings. The van der Waals surface area contributed by atoms with Crippen molar-refractivity contribution in [2.45, 2.75) is 38.7 Å². The van der Waals surface area contributed by atoms with E-state index in [1.807, 2.05) is 12.1 Å². The van der Waals surface area contributed by atoms with E-state index >= 15 is 0 Å². The Hall–Kier alpha value is -1.59. The van der Waals surface area contributed by atoms with Crippen molar-refractivity contribution in [3.63, 3.8) is 0 Å². The van der Waals surface area contributed by atoms with Crippen LogP contribution in [0, 0.1) is 0 Å². The highest BCUT2D eigenvalue weighted by atomic mass is 35.5. The van der Waals surface area contributed by atoms with Gasteiger partial charge in [-0.2, -0.15) is 0 Å². The first kappa shape index (κ1) is 15.3. The molecule has 1 aliphatic carbocycles. The molecule has 1 aromatic carbocycles. The van der Waals surface area contributed by atoms with Crippen LogP contribution in [0.25, 0.3) is 0 Å². The summed E-state index contributed by atoms with van der Waals surface area (Å²) in [5.74, 6) is 0.469. The van der Waals surface area contributed by atoms with Crippen molar-refractivity contribution in [3.8, 4) is 5.75 Å². The predicted molar refractivity (Wildman–Crippen MR) is 88.9 cm³/mol. The number of amides is 1. The summed E-state index contributed by atoms with van der Waals surface area (Å²) >= 11 is 7.04. The van der Waals surface area contributed by atoms with Gasteiger partial charge in [0.25, 0.3) is 5.91 Å². The summed E-state index contributed by atoms with van der Waals surface area (Å²) in [6.45, 7) is 3.48. The monoisotopic (exact) mass is 336 g/mol. The molecule has 0 bridgehead atoms. The van der Waals surface area contributed by atoms with E-state index in [-0.39, 0.29) is 5.91 Å². The number of nitrogens with zero attached hydrogens (tertiary/aromatic N) is 1. The second-order valence-corrected chi connectivity index (χ2v) is 7.48. The Balaban J connectivity index is 1.70. The summed E-state index contributed by atoms with van der Waals surface area (Å²) in [5, 5.41) is 3.21. The van der Waals surface area contributed by atoms with Crippen LogP contribution in [-0.2, 0) is 17.6 Å². The van der Waals surface area contributed by atoms with Gasteiger partial charge in [0.2, 0.25) is 0 Å². The molecule has 0 fully saturated rings. The van der Waals surface area contributed by atoms with Gasteiger partial charge in [0.1, 0.15) is 10.1 Å². The van der Waals surface area contributed by atoms with E-state index in [0.717, 1.165) is 18.6 Å². The van der Waals surface area contributed by atoms with Gasteiger partial charge in [-0.3, -0.25) is 10.1 Å². The SMILES string of the molecule is CC(C)(Oc1ccc2c(c1)CCC2)C(=O)Nc1ncc(Cl)s1. The molecule has 0 saturated carbocycles. The van der Waals surface area contributed by atoms with Crippen LogP contribution < -0.4 is 10.1 Å². The number of nitrogens with one attached hydrogen (secondary N) is 1. The van der Waals surface area contributed by atoms with E-state index in [1.54, 1.807) is 13.8 Å². The summed E-state index contributed by atoms with van der Waals surface area (Å²) in [5.41, 5.74) is 1.71. The van der Waals surface area contributed by atoms with Gasteiger partial charge >= 0.3 is 0 Å². The van der Waals surface area contributed by atoms with E-state index in [9.17, 15) is 4.79 Å². The van der Waals surface area contributed by atoms with Crippen LogP contribution in [0.1, 0.15) is 31.4 Å². The fraction of sp³-hybridized carbons (Fsp3) is 0.375. The Morgan fingerprint density at radius 3 is 2.86 bits per heavy atom. The molecular formula is C16H17ClN2O2S. The standard InChI is InChI=1S/C16H17ClN2O2S/c1-16(2,14(20)19-15-18-9-13(17)22-15)21-12-7-6-10-4-3-5-11(10)8-12/h6-9H,3-5H2,1-2H3,(H,18,19,20). The number of carbonyl (C=O) groups is 1. The highest BCUT2D eigenvalue weighted by molar-refractivity contribution is 7.19. The number of hydrogen-bond acceptors (Lipinski definition) is 4. The van der Waals surface area contributed by atoms with Gasteiger partial charge in [-0.15, -0.1) is 0 Å². The smallest absolute Gasteiger partial charge is 0.269 e. The number of carbonyl (C=O) groups excluding carboxylic acids is 1. The fourth-order valence-corrected chi connectivity index (χ4v) is 3.32. The normalized spacial score (nSPS) is 13.8. The van der Waals surface area contributed by atoms with Crippen molar-refractivity contribution in [3.05, 3.63) is 39.9 Å². The molecule has 0 atom stereocenters. The minimum Gasteiger partial charge on any atom is -0.478 e. The number of rotatable bonds is 4. The van der Waals surface area contributed by atoms with Gasteiger partial charge in [-0.1, -0.05) is 29.0 Å². The molecule has 0 aliphatic heterocycles. The molecule has 4 nitrogen and oxygen atoms in total. The van der Waals surface area contributed by atoms with Crippen molar-refractivity contribution < 1.29 is 9.53 Å². The van der Waals surface area contributed by atoms with Gasteiger partial charge < -0.3 is 4.74 Å². The highest BCUT2D eigenvalue weighted by Crippen LogP contribution is 2.29. The number of fused-ring (bicyclic) bond motifs is 1. The zero-order valence-electron chi connectivity index (χ0n) is 12.5. The van der Waals surface area contributed by atoms with Crippen molar-refractivity contribution in [1.82, 2.24) is 4.98 Å². The van der Waals surface area contributed by atoms with E-state index < -0.39 is 5.60 Å². The third-order valence-electron chi connectivity index (χ3n) is 3.69. The lowest BCUT2D eigenvalue weighted by Crippen LogP contribution is -2.42. The minimum atomic E-state index is -0.995. The van der Waals surface area contributed by atoms with Crippen molar-refractivity contribution in [2.75, 3.05) is 5.32 Å². The third kappa shape index (κ3) is 3.25. The first-order valence-corrected chi connectivity index (χ1v) is 8.37. The van der Waals surface area contributed by atoms with E-state index in [4.69, 9.17) is 16.3 Å². The number of benzene rings is 1. The van der Waals surface area contributed by atoms with Crippen LogP contribution in [0.15, 0.2) is 24.4 Å². The molecular weight excluding hydrogens is 320 g/mol. The van der Waals surface area contributed by atoms with Crippen molar-refractivity contribution >= 4 is 34.0 Å².